The highest BCUT2D eigenvalue weighted by molar-refractivity contribution is 6.05. The van der Waals surface area contributed by atoms with Crippen molar-refractivity contribution in [3.05, 3.63) is 24.3 Å². The first kappa shape index (κ1) is 10.9. The highest BCUT2D eigenvalue weighted by atomic mass is 16.7. The number of hydroxylamine groups is 2. The molecule has 0 aromatic heterocycles. The molecule has 2 rings (SSSR count). The van der Waals surface area contributed by atoms with Gasteiger partial charge in [-0.15, -0.1) is 0 Å². The molecule has 5 nitrogen and oxygen atoms in total. The minimum atomic E-state index is -0.446. The SMILES string of the molecule is CON=C1C=CC2(C=C1)CCC(=O)N2OC. The van der Waals surface area contributed by atoms with Gasteiger partial charge in [0.2, 0.25) is 5.91 Å². The maximum Gasteiger partial charge on any atom is 0.247 e. The summed E-state index contributed by atoms with van der Waals surface area (Å²) < 4.78 is 0. The molecule has 0 saturated carbocycles. The fraction of sp³-hybridized carbons (Fsp3) is 0.455. The lowest BCUT2D eigenvalue weighted by Crippen LogP contribution is -2.43. The zero-order valence-electron chi connectivity index (χ0n) is 9.34. The minimum Gasteiger partial charge on any atom is -0.399 e. The second kappa shape index (κ2) is 4.09. The predicted molar refractivity (Wildman–Crippen MR) is 58.5 cm³/mol. The Morgan fingerprint density at radius 2 is 2.06 bits per heavy atom. The van der Waals surface area contributed by atoms with Crippen LogP contribution in [0.1, 0.15) is 12.8 Å². The third kappa shape index (κ3) is 1.63. The van der Waals surface area contributed by atoms with Gasteiger partial charge in [-0.05, 0) is 18.6 Å². The van der Waals surface area contributed by atoms with E-state index in [-0.39, 0.29) is 5.91 Å². The second-order valence-corrected chi connectivity index (χ2v) is 3.73. The Morgan fingerprint density at radius 3 is 2.62 bits per heavy atom. The molecule has 0 unspecified atom stereocenters. The van der Waals surface area contributed by atoms with E-state index in [9.17, 15) is 4.79 Å². The fourth-order valence-corrected chi connectivity index (χ4v) is 2.05. The number of carbonyl (C=O) groups is 1. The van der Waals surface area contributed by atoms with Crippen molar-refractivity contribution >= 4 is 11.6 Å². The third-order valence-corrected chi connectivity index (χ3v) is 2.81. The van der Waals surface area contributed by atoms with Crippen molar-refractivity contribution in [2.75, 3.05) is 14.2 Å². The number of allylic oxidation sites excluding steroid dienone is 2. The van der Waals surface area contributed by atoms with Crippen LogP contribution in [-0.2, 0) is 14.5 Å². The maximum atomic E-state index is 11.6. The second-order valence-electron chi connectivity index (χ2n) is 3.73. The van der Waals surface area contributed by atoms with E-state index in [0.29, 0.717) is 6.42 Å². The number of rotatable bonds is 2. The van der Waals surface area contributed by atoms with Crippen LogP contribution >= 0.6 is 0 Å². The predicted octanol–water partition coefficient (Wildman–Crippen LogP) is 1.04. The molecule has 0 N–H and O–H groups in total. The molecule has 0 atom stereocenters. The Bertz CT molecular complexity index is 369. The first-order valence-electron chi connectivity index (χ1n) is 5.09. The monoisotopic (exact) mass is 222 g/mol. The van der Waals surface area contributed by atoms with Crippen molar-refractivity contribution in [1.29, 1.82) is 0 Å². The molecular formula is C11H14N2O3. The van der Waals surface area contributed by atoms with Crippen molar-refractivity contribution in [2.45, 2.75) is 18.4 Å². The summed E-state index contributed by atoms with van der Waals surface area (Å²) >= 11 is 0. The molecule has 1 saturated heterocycles. The van der Waals surface area contributed by atoms with Crippen LogP contribution < -0.4 is 0 Å². The number of hydrogen-bond acceptors (Lipinski definition) is 4. The van der Waals surface area contributed by atoms with E-state index in [2.05, 4.69) is 9.99 Å². The van der Waals surface area contributed by atoms with Gasteiger partial charge in [0, 0.05) is 6.42 Å². The molecule has 16 heavy (non-hydrogen) atoms. The Labute approximate surface area is 93.9 Å². The van der Waals surface area contributed by atoms with Gasteiger partial charge in [-0.2, -0.15) is 0 Å². The van der Waals surface area contributed by atoms with Crippen molar-refractivity contribution in [2.24, 2.45) is 5.16 Å². The van der Waals surface area contributed by atoms with Crippen molar-refractivity contribution < 1.29 is 14.5 Å². The molecule has 1 aliphatic heterocycles. The molecule has 1 amide bonds. The van der Waals surface area contributed by atoms with E-state index >= 15 is 0 Å². The highest BCUT2D eigenvalue weighted by Crippen LogP contribution is 2.34. The van der Waals surface area contributed by atoms with Crippen molar-refractivity contribution in [3.63, 3.8) is 0 Å². The number of amides is 1. The zero-order chi connectivity index (χ0) is 11.6. The van der Waals surface area contributed by atoms with Crippen LogP contribution in [0.25, 0.3) is 0 Å². The summed E-state index contributed by atoms with van der Waals surface area (Å²) in [6.45, 7) is 0. The molecule has 0 bridgehead atoms. The van der Waals surface area contributed by atoms with Crippen LogP contribution in [0.3, 0.4) is 0 Å². The van der Waals surface area contributed by atoms with Crippen molar-refractivity contribution in [1.82, 2.24) is 5.06 Å². The van der Waals surface area contributed by atoms with Crippen LogP contribution in [0, 0.1) is 0 Å². The number of carbonyl (C=O) groups excluding carboxylic acids is 1. The molecule has 1 fully saturated rings. The fourth-order valence-electron chi connectivity index (χ4n) is 2.05. The van der Waals surface area contributed by atoms with E-state index in [1.807, 2.05) is 24.3 Å². The van der Waals surface area contributed by atoms with E-state index < -0.39 is 5.54 Å². The van der Waals surface area contributed by atoms with Crippen LogP contribution in [0.4, 0.5) is 0 Å². The molecule has 86 valence electrons. The maximum absolute atomic E-state index is 11.6. The molecule has 0 aromatic rings. The molecule has 0 radical (unpaired) electrons. The van der Waals surface area contributed by atoms with Crippen LogP contribution in [-0.4, -0.2) is 36.4 Å². The highest BCUT2D eigenvalue weighted by Gasteiger charge is 2.43. The number of oxime groups is 1. The van der Waals surface area contributed by atoms with E-state index in [4.69, 9.17) is 4.84 Å². The molecule has 0 aromatic carbocycles. The summed E-state index contributed by atoms with van der Waals surface area (Å²) in [6.07, 6.45) is 8.72. The van der Waals surface area contributed by atoms with E-state index in [1.54, 1.807) is 0 Å². The normalized spacial score (nSPS) is 28.0. The average molecular weight is 222 g/mol. The van der Waals surface area contributed by atoms with Crippen molar-refractivity contribution in [3.8, 4) is 0 Å². The summed E-state index contributed by atoms with van der Waals surface area (Å²) in [5.74, 6) is 0.00364. The first-order valence-corrected chi connectivity index (χ1v) is 5.09. The summed E-state index contributed by atoms with van der Waals surface area (Å²) in [5.41, 5.74) is 0.280. The quantitative estimate of drug-likeness (QED) is 0.656. The van der Waals surface area contributed by atoms with E-state index in [1.165, 1.54) is 19.3 Å². The standard InChI is InChI=1S/C11H14N2O3/c1-15-12-9-3-6-11(7-4-9)8-5-10(14)13(11)16-2/h3-4,6-7H,5,8H2,1-2H3. The average Bonchev–Trinajstić information content (AvgIpc) is 2.60. The molecular weight excluding hydrogens is 208 g/mol. The lowest BCUT2D eigenvalue weighted by atomic mass is 9.92. The first-order chi connectivity index (χ1) is 7.72. The topological polar surface area (TPSA) is 51.1 Å². The largest absolute Gasteiger partial charge is 0.399 e. The lowest BCUT2D eigenvalue weighted by molar-refractivity contribution is -0.182. The van der Waals surface area contributed by atoms with Crippen LogP contribution in [0.5, 0.6) is 0 Å². The Balaban J connectivity index is 2.24. The zero-order valence-corrected chi connectivity index (χ0v) is 9.34. The number of hydrogen-bond donors (Lipinski definition) is 0. The molecule has 5 heteroatoms. The van der Waals surface area contributed by atoms with Gasteiger partial charge in [0.15, 0.2) is 0 Å². The molecule has 1 spiro atoms. The van der Waals surface area contributed by atoms with E-state index in [0.717, 1.165) is 12.1 Å². The van der Waals surface area contributed by atoms with Gasteiger partial charge in [0.1, 0.15) is 18.4 Å². The van der Waals surface area contributed by atoms with Gasteiger partial charge < -0.3 is 4.84 Å². The van der Waals surface area contributed by atoms with Gasteiger partial charge in [-0.25, -0.2) is 5.06 Å². The minimum absolute atomic E-state index is 0.00364. The Morgan fingerprint density at radius 1 is 1.38 bits per heavy atom. The molecule has 1 aliphatic carbocycles. The van der Waals surface area contributed by atoms with Gasteiger partial charge in [0.05, 0.1) is 7.11 Å². The molecule has 2 aliphatic rings. The van der Waals surface area contributed by atoms with Gasteiger partial charge >= 0.3 is 0 Å². The van der Waals surface area contributed by atoms with Crippen LogP contribution in [0.15, 0.2) is 29.5 Å². The van der Waals surface area contributed by atoms with Gasteiger partial charge in [-0.3, -0.25) is 9.63 Å². The summed E-state index contributed by atoms with van der Waals surface area (Å²) in [4.78, 5) is 21.4. The lowest BCUT2D eigenvalue weighted by Gasteiger charge is -2.32. The van der Waals surface area contributed by atoms with Gasteiger partial charge in [0.25, 0.3) is 0 Å². The third-order valence-electron chi connectivity index (χ3n) is 2.81. The van der Waals surface area contributed by atoms with Gasteiger partial charge in [-0.1, -0.05) is 17.3 Å². The molecule has 1 heterocycles. The summed E-state index contributed by atoms with van der Waals surface area (Å²) in [7, 11) is 3.00. The smallest absolute Gasteiger partial charge is 0.247 e. The Hall–Kier alpha value is -1.62. The Kier molecular flexibility index (Phi) is 2.78. The van der Waals surface area contributed by atoms with Crippen LogP contribution in [0.2, 0.25) is 0 Å². The number of nitrogens with zero attached hydrogens (tertiary/aromatic N) is 2. The summed E-state index contributed by atoms with van der Waals surface area (Å²) in [5, 5.41) is 5.21. The summed E-state index contributed by atoms with van der Waals surface area (Å²) in [6, 6.07) is 0.